The first kappa shape index (κ1) is 110. The van der Waals surface area contributed by atoms with E-state index in [1.54, 1.807) is 27.7 Å². The van der Waals surface area contributed by atoms with E-state index in [9.17, 15) is 106 Å². The maximum Gasteiger partial charge on any atom is 0.248 e. The molecule has 10 unspecified atom stereocenters. The van der Waals surface area contributed by atoms with Crippen LogP contribution in [-0.2, 0) is 95.9 Å². The Kier molecular flexibility index (Phi) is 40.9. The van der Waals surface area contributed by atoms with Crippen molar-refractivity contribution in [2.75, 3.05) is 19.8 Å². The molecule has 0 aromatic rings. The molecule has 42 heteroatoms. The SMILES string of the molecule is CCC(C)(NC(=O)C(CCC(N)=O)NC(=O)C(C)(C)NC(=O)C(C)(C)NC(=O)C(C)NC(=O)C(CO)NC(=O)C(C)(C)NC(C)=O)C(=O)NC(CC(C)C)C(=O)NC(C)(C)C(=O)NC(C)C(=O)NC(C)(C)C(=O)NC(C)(C)C(=O)N1CCCC1C(=O)NC(CC(C)C)C(=O)NC(C)(C)C(=O)NC(C)(C)C(=O)NC(CCC(N)=O)C(=O)NC(CO)CC(C)C. The van der Waals surface area contributed by atoms with Gasteiger partial charge in [0.05, 0.1) is 19.3 Å². The number of rotatable bonds is 49. The number of hydrogen-bond acceptors (Lipinski definition) is 22. The molecule has 0 aromatic carbocycles. The largest absolute Gasteiger partial charge is 0.394 e. The molecule has 10 atom stereocenters. The molecular formula is C81H142N20O22. The van der Waals surface area contributed by atoms with E-state index in [4.69, 9.17) is 11.5 Å². The van der Waals surface area contributed by atoms with Crippen LogP contribution < -0.4 is 102 Å². The number of nitrogens with one attached hydrogen (secondary N) is 17. The van der Waals surface area contributed by atoms with Gasteiger partial charge in [0.1, 0.15) is 98.2 Å². The van der Waals surface area contributed by atoms with Crippen molar-refractivity contribution >= 4 is 118 Å². The highest BCUT2D eigenvalue weighted by molar-refractivity contribution is 6.04. The van der Waals surface area contributed by atoms with E-state index in [1.807, 2.05) is 13.8 Å². The smallest absolute Gasteiger partial charge is 0.248 e. The van der Waals surface area contributed by atoms with Gasteiger partial charge in [-0.25, -0.2) is 0 Å². The summed E-state index contributed by atoms with van der Waals surface area (Å²) in [5.74, 6) is -17.4. The number of amides is 20. The predicted octanol–water partition coefficient (Wildman–Crippen LogP) is -3.99. The van der Waals surface area contributed by atoms with E-state index in [0.29, 0.717) is 12.8 Å². The van der Waals surface area contributed by atoms with Gasteiger partial charge in [0, 0.05) is 26.3 Å². The molecule has 0 saturated carbocycles. The number of nitrogens with two attached hydrogens (primary N) is 2. The zero-order chi connectivity index (χ0) is 95.8. The lowest BCUT2D eigenvalue weighted by Gasteiger charge is -2.36. The Bertz CT molecular complexity index is 3890. The molecule has 698 valence electrons. The normalized spacial score (nSPS) is 15.9. The van der Waals surface area contributed by atoms with Crippen LogP contribution in [-0.4, -0.2) is 257 Å². The maximum absolute atomic E-state index is 14.5. The Balaban J connectivity index is 3.25. The predicted molar refractivity (Wildman–Crippen MR) is 451 cm³/mol. The zero-order valence-electron chi connectivity index (χ0n) is 76.8. The van der Waals surface area contributed by atoms with E-state index in [1.165, 1.54) is 150 Å². The molecule has 1 aliphatic heterocycles. The van der Waals surface area contributed by atoms with Crippen molar-refractivity contribution in [1.29, 1.82) is 0 Å². The van der Waals surface area contributed by atoms with Crippen LogP contribution in [0.2, 0.25) is 0 Å². The first-order valence-corrected chi connectivity index (χ1v) is 41.3. The highest BCUT2D eigenvalue weighted by Crippen LogP contribution is 2.25. The van der Waals surface area contributed by atoms with Gasteiger partial charge in [0.25, 0.3) is 0 Å². The fraction of sp³-hybridized carbons (Fsp3) is 0.753. The third-order valence-electron chi connectivity index (χ3n) is 20.3. The van der Waals surface area contributed by atoms with Gasteiger partial charge < -0.3 is 117 Å². The summed E-state index contributed by atoms with van der Waals surface area (Å²) in [4.78, 5) is 273. The van der Waals surface area contributed by atoms with Crippen LogP contribution in [0.3, 0.4) is 0 Å². The minimum absolute atomic E-state index is 0.0301. The summed E-state index contributed by atoms with van der Waals surface area (Å²) in [6, 6.07) is -11.7. The molecule has 23 N–H and O–H groups in total. The molecule has 123 heavy (non-hydrogen) atoms. The lowest BCUT2D eigenvalue weighted by Crippen LogP contribution is -2.67. The van der Waals surface area contributed by atoms with Crippen molar-refractivity contribution in [2.24, 2.45) is 29.2 Å². The van der Waals surface area contributed by atoms with Crippen molar-refractivity contribution in [2.45, 2.75) is 355 Å². The van der Waals surface area contributed by atoms with E-state index in [2.05, 4.69) is 90.4 Å². The summed E-state index contributed by atoms with van der Waals surface area (Å²) in [5, 5.41) is 63.0. The molecule has 1 saturated heterocycles. The quantitative estimate of drug-likeness (QED) is 0.0276. The van der Waals surface area contributed by atoms with E-state index in [-0.39, 0.29) is 62.8 Å². The Labute approximate surface area is 721 Å². The monoisotopic (exact) mass is 1750 g/mol. The fourth-order valence-electron chi connectivity index (χ4n) is 12.3. The summed E-state index contributed by atoms with van der Waals surface area (Å²) < 4.78 is 0. The van der Waals surface area contributed by atoms with Crippen molar-refractivity contribution in [3.8, 4) is 0 Å². The number of carbonyl (C=O) groups excluding carboxylic acids is 20. The molecule has 1 aliphatic rings. The first-order valence-electron chi connectivity index (χ1n) is 41.3. The van der Waals surface area contributed by atoms with Gasteiger partial charge in [-0.2, -0.15) is 0 Å². The van der Waals surface area contributed by atoms with Crippen LogP contribution in [0.25, 0.3) is 0 Å². The number of carbonyl (C=O) groups is 20. The summed E-state index contributed by atoms with van der Waals surface area (Å²) in [6.07, 6.45) is -0.594. The second kappa shape index (κ2) is 45.6. The van der Waals surface area contributed by atoms with Gasteiger partial charge >= 0.3 is 0 Å². The van der Waals surface area contributed by atoms with Crippen LogP contribution in [0.1, 0.15) is 251 Å². The Morgan fingerprint density at radius 3 is 1.06 bits per heavy atom. The third kappa shape index (κ3) is 34.9. The first-order chi connectivity index (χ1) is 55.9. The van der Waals surface area contributed by atoms with Crippen molar-refractivity contribution in [1.82, 2.24) is 95.3 Å². The molecule has 0 aliphatic carbocycles. The summed E-state index contributed by atoms with van der Waals surface area (Å²) >= 11 is 0. The fourth-order valence-corrected chi connectivity index (χ4v) is 12.3. The second-order valence-electron chi connectivity index (χ2n) is 37.4. The number of hydrogen-bond donors (Lipinski definition) is 21. The average Bonchev–Trinajstić information content (AvgIpc) is 1.79. The lowest BCUT2D eigenvalue weighted by molar-refractivity contribution is -0.146. The minimum Gasteiger partial charge on any atom is -0.394 e. The summed E-state index contributed by atoms with van der Waals surface area (Å²) in [5.41, 5.74) is -5.13. The standard InChI is InChI=1S/C81H142N20O22/c1-28-81(27,97-60(111)49(32-34-55(83)106)89-67(118)76(17,18)98-68(119)77(19,20)93-56(107)44(8)84-59(110)52(40-103)91-65(116)73(11,12)92-46(10)104)71(122)90-51(38-43(6)7)62(113)95-74(13,14)64(115)85-45(9)57(108)94-78(21,22)70(121)100-80(25,26)72(123)101-35-29-30-53(101)63(114)87-50(37-42(4)5)61(112)96-79(23,24)69(120)99-75(15,16)66(117)88-48(31-33-54(82)105)58(109)86-47(39-102)36-41(2)3/h41-45,47-53,102-103H,28-40H2,1-27H3,(H2,82,105)(H2,83,106)(H,84,110)(H,85,115)(H,86,109)(H,87,114)(H,88,117)(H,89,118)(H,90,122)(H,91,116)(H,92,104)(H,93,107)(H,94,108)(H,95,113)(H,96,112)(H,97,111)(H,98,119)(H,99,120)(H,100,121). The second-order valence-corrected chi connectivity index (χ2v) is 37.4. The van der Waals surface area contributed by atoms with E-state index in [0.717, 1.165) is 0 Å². The number of primary amides is 2. The summed E-state index contributed by atoms with van der Waals surface area (Å²) in [6.45, 7) is 37.4. The minimum atomic E-state index is -1.89. The zero-order valence-corrected chi connectivity index (χ0v) is 76.8. The molecule has 1 rings (SSSR count). The van der Waals surface area contributed by atoms with Crippen molar-refractivity contribution in [3.63, 3.8) is 0 Å². The Morgan fingerprint density at radius 2 is 0.675 bits per heavy atom. The maximum atomic E-state index is 14.5. The highest BCUT2D eigenvalue weighted by Gasteiger charge is 2.48. The van der Waals surface area contributed by atoms with Crippen LogP contribution in [0, 0.1) is 17.8 Å². The number of aliphatic hydroxyl groups is 2. The van der Waals surface area contributed by atoms with Gasteiger partial charge in [-0.3, -0.25) is 95.9 Å². The topological polar surface area (TPSA) is 642 Å². The van der Waals surface area contributed by atoms with Gasteiger partial charge in [-0.05, 0) is 201 Å². The van der Waals surface area contributed by atoms with Gasteiger partial charge in [0.15, 0.2) is 0 Å². The molecule has 1 heterocycles. The molecule has 0 radical (unpaired) electrons. The molecule has 1 fully saturated rings. The van der Waals surface area contributed by atoms with Crippen LogP contribution in [0.5, 0.6) is 0 Å². The van der Waals surface area contributed by atoms with E-state index >= 15 is 0 Å². The highest BCUT2D eigenvalue weighted by atomic mass is 16.3. The Hall–Kier alpha value is -10.7. The van der Waals surface area contributed by atoms with Gasteiger partial charge in [-0.15, -0.1) is 0 Å². The van der Waals surface area contributed by atoms with Crippen LogP contribution in [0.4, 0.5) is 0 Å². The van der Waals surface area contributed by atoms with Crippen molar-refractivity contribution < 1.29 is 106 Å². The van der Waals surface area contributed by atoms with E-state index < -0.39 is 248 Å². The number of nitrogens with zero attached hydrogens (tertiary/aromatic N) is 1. The molecule has 0 aromatic heterocycles. The van der Waals surface area contributed by atoms with Gasteiger partial charge in [-0.1, -0.05) is 48.5 Å². The Morgan fingerprint density at radius 1 is 0.350 bits per heavy atom. The van der Waals surface area contributed by atoms with Crippen LogP contribution >= 0.6 is 0 Å². The lowest BCUT2D eigenvalue weighted by atomic mass is 9.94. The van der Waals surface area contributed by atoms with Crippen LogP contribution in [0.15, 0.2) is 0 Å². The van der Waals surface area contributed by atoms with Crippen molar-refractivity contribution in [3.05, 3.63) is 0 Å². The number of aliphatic hydroxyl groups excluding tert-OH is 2. The molecule has 0 bridgehead atoms. The van der Waals surface area contributed by atoms with Gasteiger partial charge in [0.2, 0.25) is 118 Å². The average molecular weight is 1750 g/mol. The number of likely N-dealkylation sites (tertiary alicyclic amines) is 1. The molecular weight excluding hydrogens is 1610 g/mol. The molecule has 42 nitrogen and oxygen atoms in total. The molecule has 0 spiro atoms. The summed E-state index contributed by atoms with van der Waals surface area (Å²) in [7, 11) is 0. The third-order valence-corrected chi connectivity index (χ3v) is 20.3. The molecule has 20 amide bonds.